The topological polar surface area (TPSA) is 127 Å². The second-order valence-corrected chi connectivity index (χ2v) is 10.5. The molecule has 9 heteroatoms. The summed E-state index contributed by atoms with van der Waals surface area (Å²) in [6, 6.07) is 6.48. The van der Waals surface area contributed by atoms with Gasteiger partial charge in [0.1, 0.15) is 11.4 Å². The number of nitrogens with one attached hydrogen (secondary N) is 2. The van der Waals surface area contributed by atoms with E-state index in [-0.39, 0.29) is 5.69 Å². The zero-order valence-electron chi connectivity index (χ0n) is 25.0. The molecule has 4 bridgehead atoms. The number of carbonyl (C=O) groups excluding carboxylic acids is 2. The number of aromatic amines is 2. The smallest absolute Gasteiger partial charge is 0.355 e. The molecule has 2 aromatic heterocycles. The number of hydrogen-bond acceptors (Lipinski definition) is 6. The van der Waals surface area contributed by atoms with E-state index in [1.807, 2.05) is 27.7 Å². The van der Waals surface area contributed by atoms with Crippen LogP contribution in [-0.4, -0.2) is 40.0 Å². The van der Waals surface area contributed by atoms with Crippen molar-refractivity contribution in [1.82, 2.24) is 9.97 Å². The number of nitro groups is 1. The van der Waals surface area contributed by atoms with Crippen molar-refractivity contribution in [1.29, 1.82) is 0 Å². The molecular weight excluding hydrogens is 534 g/mol. The van der Waals surface area contributed by atoms with Gasteiger partial charge in [0.05, 0.1) is 24.1 Å². The molecule has 42 heavy (non-hydrogen) atoms. The third-order valence-electron chi connectivity index (χ3n) is 8.00. The van der Waals surface area contributed by atoms with E-state index in [1.165, 1.54) is 12.1 Å². The van der Waals surface area contributed by atoms with Gasteiger partial charge in [-0.15, -0.1) is 0 Å². The van der Waals surface area contributed by atoms with Crippen LogP contribution in [0.4, 0.5) is 5.69 Å². The Kier molecular flexibility index (Phi) is 10.4. The fourth-order valence-corrected chi connectivity index (χ4v) is 6.01. The highest BCUT2D eigenvalue weighted by molar-refractivity contribution is 5.91. The van der Waals surface area contributed by atoms with E-state index in [4.69, 9.17) is 9.47 Å². The van der Waals surface area contributed by atoms with Crippen molar-refractivity contribution in [2.45, 2.75) is 85.0 Å². The number of non-ortho nitro benzene ring substituents is 1. The predicted molar refractivity (Wildman–Crippen MR) is 161 cm³/mol. The second kappa shape index (κ2) is 14.2. The average molecular weight is 576 g/mol. The molecule has 0 radical (unpaired) electrons. The number of esters is 2. The highest BCUT2D eigenvalue weighted by Gasteiger charge is 2.32. The van der Waals surface area contributed by atoms with Gasteiger partial charge in [0.2, 0.25) is 0 Å². The van der Waals surface area contributed by atoms with Crippen LogP contribution in [0, 0.1) is 10.1 Å². The molecule has 0 unspecified atom stereocenters. The molecule has 1 aliphatic heterocycles. The van der Waals surface area contributed by atoms with Gasteiger partial charge in [-0.1, -0.05) is 52.0 Å². The monoisotopic (exact) mass is 575 g/mol. The number of nitro benzene ring substituents is 1. The van der Waals surface area contributed by atoms with Crippen LogP contribution < -0.4 is 0 Å². The number of aromatic nitrogens is 2. The van der Waals surface area contributed by atoms with Gasteiger partial charge in [0.25, 0.3) is 5.69 Å². The molecule has 0 spiro atoms. The van der Waals surface area contributed by atoms with Crippen molar-refractivity contribution in [3.05, 3.63) is 97.1 Å². The summed E-state index contributed by atoms with van der Waals surface area (Å²) >= 11 is 0. The molecule has 0 atom stereocenters. The first-order valence-corrected chi connectivity index (χ1v) is 15.1. The first-order chi connectivity index (χ1) is 20.4. The number of cyclic esters (lactones) is 2. The van der Waals surface area contributed by atoms with Crippen LogP contribution >= 0.6 is 0 Å². The number of fused-ring (bicyclic) bond motifs is 4. The lowest BCUT2D eigenvalue weighted by molar-refractivity contribution is -0.384. The summed E-state index contributed by atoms with van der Waals surface area (Å²) in [5.41, 5.74) is 7.10. The summed E-state index contributed by atoms with van der Waals surface area (Å²) in [6.45, 7) is 8.75. The van der Waals surface area contributed by atoms with Crippen LogP contribution in [0.15, 0.2) is 36.4 Å². The first kappa shape index (κ1) is 30.8. The fourth-order valence-electron chi connectivity index (χ4n) is 6.01. The Balaban J connectivity index is 1.98. The van der Waals surface area contributed by atoms with Gasteiger partial charge in [-0.2, -0.15) is 0 Å². The number of benzene rings is 1. The summed E-state index contributed by atoms with van der Waals surface area (Å²) in [5, 5.41) is 11.5. The molecule has 4 rings (SSSR count). The Bertz CT molecular complexity index is 1370. The van der Waals surface area contributed by atoms with Crippen molar-refractivity contribution in [3.8, 4) is 0 Å². The lowest BCUT2D eigenvalue weighted by Crippen LogP contribution is -2.11. The first-order valence-electron chi connectivity index (χ1n) is 15.1. The maximum atomic E-state index is 13.4. The minimum absolute atomic E-state index is 0.00854. The molecule has 1 aromatic carbocycles. The van der Waals surface area contributed by atoms with Gasteiger partial charge in [-0.3, -0.25) is 10.1 Å². The minimum atomic E-state index is -0.444. The van der Waals surface area contributed by atoms with Crippen molar-refractivity contribution >= 4 is 17.6 Å². The van der Waals surface area contributed by atoms with Crippen molar-refractivity contribution in [2.75, 3.05) is 13.2 Å². The molecule has 9 nitrogen and oxygen atoms in total. The Morgan fingerprint density at radius 1 is 0.738 bits per heavy atom. The second-order valence-electron chi connectivity index (χ2n) is 10.5. The molecule has 0 saturated carbocycles. The Hall–Kier alpha value is -4.14. The van der Waals surface area contributed by atoms with E-state index < -0.39 is 22.8 Å². The summed E-state index contributed by atoms with van der Waals surface area (Å²) in [4.78, 5) is 44.6. The zero-order valence-corrected chi connectivity index (χ0v) is 25.0. The Morgan fingerprint density at radius 2 is 1.17 bits per heavy atom. The van der Waals surface area contributed by atoms with Crippen molar-refractivity contribution in [3.63, 3.8) is 0 Å². The molecule has 0 saturated heterocycles. The van der Waals surface area contributed by atoms with Crippen molar-refractivity contribution in [2.24, 2.45) is 0 Å². The molecule has 1 aliphatic rings. The lowest BCUT2D eigenvalue weighted by atomic mass is 9.85. The van der Waals surface area contributed by atoms with Crippen LogP contribution in [0.3, 0.4) is 0 Å². The van der Waals surface area contributed by atoms with Gasteiger partial charge in [0.15, 0.2) is 0 Å². The number of carbonyl (C=O) groups is 2. The van der Waals surface area contributed by atoms with Crippen LogP contribution in [0.5, 0.6) is 0 Å². The van der Waals surface area contributed by atoms with E-state index in [1.54, 1.807) is 12.1 Å². The van der Waals surface area contributed by atoms with Crippen LogP contribution in [0.25, 0.3) is 0 Å². The molecule has 3 aromatic rings. The Labute approximate surface area is 246 Å². The van der Waals surface area contributed by atoms with E-state index in [0.29, 0.717) is 63.1 Å². The maximum absolute atomic E-state index is 13.4. The van der Waals surface area contributed by atoms with Gasteiger partial charge in [0, 0.05) is 23.5 Å². The van der Waals surface area contributed by atoms with Gasteiger partial charge in [-0.05, 0) is 79.2 Å². The molecule has 224 valence electrons. The molecule has 3 heterocycles. The molecule has 0 fully saturated rings. The van der Waals surface area contributed by atoms with E-state index in [2.05, 4.69) is 22.1 Å². The maximum Gasteiger partial charge on any atom is 0.355 e. The average Bonchev–Trinajstić information content (AvgIpc) is 3.56. The third kappa shape index (κ3) is 6.35. The van der Waals surface area contributed by atoms with E-state index >= 15 is 0 Å². The largest absolute Gasteiger partial charge is 0.461 e. The summed E-state index contributed by atoms with van der Waals surface area (Å²) < 4.78 is 11.4. The van der Waals surface area contributed by atoms with E-state index in [9.17, 15) is 19.7 Å². The highest BCUT2D eigenvalue weighted by Crippen LogP contribution is 2.40. The Morgan fingerprint density at radius 3 is 1.55 bits per heavy atom. The third-order valence-corrected chi connectivity index (χ3v) is 8.00. The standard InChI is InChI=1S/C33H41N3O6/c1-5-23-25(7-3)30-32(37)41-19-13-11-9-10-12-14-20-42-33(38)31-26(8-4)24(6-2)29(35-31)27(28(23)34-30)21-15-17-22(18-16-21)36(39)40/h9-10,15-18,27,34-35H,5-8,11-14,19-20H2,1-4H3/b10-9+. The highest BCUT2D eigenvalue weighted by atomic mass is 16.6. The van der Waals surface area contributed by atoms with Gasteiger partial charge >= 0.3 is 11.9 Å². The lowest BCUT2D eigenvalue weighted by Gasteiger charge is -2.20. The number of nitrogens with zero attached hydrogens (tertiary/aromatic N) is 1. The van der Waals surface area contributed by atoms with Gasteiger partial charge < -0.3 is 19.4 Å². The summed E-state index contributed by atoms with van der Waals surface area (Å²) in [6.07, 6.45) is 9.71. The summed E-state index contributed by atoms with van der Waals surface area (Å²) in [5.74, 6) is -1.23. The van der Waals surface area contributed by atoms with Crippen LogP contribution in [-0.2, 0) is 35.2 Å². The quantitative estimate of drug-likeness (QED) is 0.139. The number of H-pyrrole nitrogens is 2. The number of hydrogen-bond donors (Lipinski definition) is 2. The molecule has 0 amide bonds. The number of rotatable bonds is 6. The molecule has 0 aliphatic carbocycles. The predicted octanol–water partition coefficient (Wildman–Crippen LogP) is 7.12. The summed E-state index contributed by atoms with van der Waals surface area (Å²) in [7, 11) is 0. The number of allylic oxidation sites excluding steroid dienone is 2. The fraction of sp³-hybridized carbons (Fsp3) is 0.455. The zero-order chi connectivity index (χ0) is 30.2. The SMILES string of the molecule is CCc1c2[nH]c(c1CC)C(c1ccc([N+](=O)[O-])cc1)c1[nH]c(c(CC)c1CC)C(=O)OCCC/C=C/CCCOC2=O. The number of ether oxygens (including phenoxy) is 2. The van der Waals surface area contributed by atoms with Crippen LogP contribution in [0.2, 0.25) is 0 Å². The minimum Gasteiger partial charge on any atom is -0.461 e. The van der Waals surface area contributed by atoms with Gasteiger partial charge in [-0.25, -0.2) is 9.59 Å². The van der Waals surface area contributed by atoms with E-state index in [0.717, 1.165) is 52.0 Å². The van der Waals surface area contributed by atoms with Crippen LogP contribution in [0.1, 0.15) is 119 Å². The molecule has 2 N–H and O–H groups in total. The molecular formula is C33H41N3O6. The normalized spacial score (nSPS) is 16.2. The van der Waals surface area contributed by atoms with Crippen molar-refractivity contribution < 1.29 is 24.0 Å².